The normalized spacial score (nSPS) is 11.5. The number of hydrogen-bond donors (Lipinski definition) is 1. The number of hydrogen-bond acceptors (Lipinski definition) is 3. The summed E-state index contributed by atoms with van der Waals surface area (Å²) in [5.74, 6) is -0.215. The van der Waals surface area contributed by atoms with Crippen LogP contribution < -0.4 is 5.32 Å². The van der Waals surface area contributed by atoms with Crippen LogP contribution in [-0.4, -0.2) is 27.4 Å². The molecule has 0 aliphatic heterocycles. The van der Waals surface area contributed by atoms with Crippen molar-refractivity contribution in [2.24, 2.45) is 0 Å². The number of nitrogens with one attached hydrogen (secondary N) is 1. The highest BCUT2D eigenvalue weighted by atomic mass is 35.5. The fourth-order valence-corrected chi connectivity index (χ4v) is 3.44. The summed E-state index contributed by atoms with van der Waals surface area (Å²) < 4.78 is 0. The molecule has 1 heterocycles. The number of benzene rings is 2. The van der Waals surface area contributed by atoms with Crippen molar-refractivity contribution in [2.45, 2.75) is 40.0 Å². The SMILES string of the molecule is CCC/C=C(/CCNC(=O)c1nn(-c2ccccc2)nc1C)c1cc(Cl)ccc1C. The van der Waals surface area contributed by atoms with E-state index in [-0.39, 0.29) is 5.91 Å². The molecule has 3 aromatic rings. The van der Waals surface area contributed by atoms with Crippen LogP contribution in [-0.2, 0) is 0 Å². The summed E-state index contributed by atoms with van der Waals surface area (Å²) in [4.78, 5) is 14.2. The number of halogens is 1. The number of amides is 1. The van der Waals surface area contributed by atoms with Gasteiger partial charge in [-0.2, -0.15) is 9.90 Å². The summed E-state index contributed by atoms with van der Waals surface area (Å²) >= 11 is 6.22. The molecule has 0 bridgehead atoms. The van der Waals surface area contributed by atoms with Crippen LogP contribution in [0.4, 0.5) is 0 Å². The Morgan fingerprint density at radius 2 is 1.90 bits per heavy atom. The summed E-state index contributed by atoms with van der Waals surface area (Å²) in [5, 5.41) is 12.5. The molecule has 0 saturated carbocycles. The van der Waals surface area contributed by atoms with Crippen molar-refractivity contribution in [3.63, 3.8) is 0 Å². The van der Waals surface area contributed by atoms with Crippen molar-refractivity contribution < 1.29 is 4.79 Å². The molecule has 6 heteroatoms. The minimum atomic E-state index is -0.215. The second-order valence-electron chi connectivity index (χ2n) is 7.24. The van der Waals surface area contributed by atoms with E-state index in [0.29, 0.717) is 17.9 Å². The second kappa shape index (κ2) is 10.2. The molecular weight excluding hydrogens is 396 g/mol. The summed E-state index contributed by atoms with van der Waals surface area (Å²) in [6, 6.07) is 15.5. The average molecular weight is 423 g/mol. The molecule has 0 saturated heterocycles. The first-order chi connectivity index (χ1) is 14.5. The van der Waals surface area contributed by atoms with Crippen molar-refractivity contribution in [3.8, 4) is 5.69 Å². The maximum atomic E-state index is 12.7. The first-order valence-electron chi connectivity index (χ1n) is 10.2. The monoisotopic (exact) mass is 422 g/mol. The largest absolute Gasteiger partial charge is 0.350 e. The molecule has 0 unspecified atom stereocenters. The number of nitrogens with zero attached hydrogens (tertiary/aromatic N) is 3. The van der Waals surface area contributed by atoms with Gasteiger partial charge >= 0.3 is 0 Å². The summed E-state index contributed by atoms with van der Waals surface area (Å²) in [5.41, 5.74) is 5.27. The van der Waals surface area contributed by atoms with Gasteiger partial charge in [0.25, 0.3) is 5.91 Å². The molecule has 0 aliphatic carbocycles. The molecule has 0 atom stereocenters. The minimum Gasteiger partial charge on any atom is -0.350 e. The van der Waals surface area contributed by atoms with Gasteiger partial charge in [-0.25, -0.2) is 0 Å². The van der Waals surface area contributed by atoms with Gasteiger partial charge in [-0.3, -0.25) is 4.79 Å². The predicted molar refractivity (Wildman–Crippen MR) is 122 cm³/mol. The number of unbranched alkanes of at least 4 members (excludes halogenated alkanes) is 1. The van der Waals surface area contributed by atoms with Crippen molar-refractivity contribution >= 4 is 23.1 Å². The highest BCUT2D eigenvalue weighted by Gasteiger charge is 2.16. The Kier molecular flexibility index (Phi) is 7.41. The van der Waals surface area contributed by atoms with Crippen LogP contribution in [0.2, 0.25) is 5.02 Å². The van der Waals surface area contributed by atoms with E-state index in [1.165, 1.54) is 15.9 Å². The lowest BCUT2D eigenvalue weighted by Crippen LogP contribution is -2.26. The highest BCUT2D eigenvalue weighted by molar-refractivity contribution is 6.30. The maximum absolute atomic E-state index is 12.7. The highest BCUT2D eigenvalue weighted by Crippen LogP contribution is 2.26. The van der Waals surface area contributed by atoms with E-state index in [0.717, 1.165) is 35.5 Å². The molecule has 156 valence electrons. The molecule has 1 amide bonds. The molecule has 1 aromatic heterocycles. The third-order valence-electron chi connectivity index (χ3n) is 4.89. The van der Waals surface area contributed by atoms with Gasteiger partial charge in [-0.1, -0.05) is 55.3 Å². The Hall–Kier alpha value is -2.92. The number of para-hydroxylation sites is 1. The Bertz CT molecular complexity index is 1040. The fourth-order valence-electron chi connectivity index (χ4n) is 3.27. The van der Waals surface area contributed by atoms with Crippen LogP contribution in [0.3, 0.4) is 0 Å². The molecule has 0 spiro atoms. The van der Waals surface area contributed by atoms with E-state index in [2.05, 4.69) is 35.4 Å². The zero-order chi connectivity index (χ0) is 21.5. The lowest BCUT2D eigenvalue weighted by molar-refractivity contribution is 0.0948. The first kappa shape index (κ1) is 21.8. The van der Waals surface area contributed by atoms with Gasteiger partial charge in [-0.05, 0) is 67.7 Å². The smallest absolute Gasteiger partial charge is 0.273 e. The van der Waals surface area contributed by atoms with E-state index >= 15 is 0 Å². The molecule has 0 fully saturated rings. The Balaban J connectivity index is 1.69. The quantitative estimate of drug-likeness (QED) is 0.518. The molecular formula is C24H27ClN4O. The third-order valence-corrected chi connectivity index (χ3v) is 5.12. The lowest BCUT2D eigenvalue weighted by atomic mass is 9.96. The number of allylic oxidation sites excluding steroid dienone is 1. The minimum absolute atomic E-state index is 0.215. The first-order valence-corrected chi connectivity index (χ1v) is 10.6. The number of carbonyl (C=O) groups excluding carboxylic acids is 1. The molecule has 0 aliphatic rings. The van der Waals surface area contributed by atoms with Crippen molar-refractivity contribution in [3.05, 3.63) is 82.1 Å². The second-order valence-corrected chi connectivity index (χ2v) is 7.68. The standard InChI is InChI=1S/C24H27ClN4O/c1-4-5-9-19(22-16-20(25)13-12-17(22)2)14-15-26-24(30)23-18(3)27-29(28-23)21-10-7-6-8-11-21/h6-13,16H,4-5,14-15H2,1-3H3,(H,26,30)/b19-9-. The van der Waals surface area contributed by atoms with Crippen molar-refractivity contribution in [1.82, 2.24) is 20.3 Å². The van der Waals surface area contributed by atoms with Gasteiger partial charge in [0.15, 0.2) is 5.69 Å². The van der Waals surface area contributed by atoms with Crippen LogP contribution in [0.25, 0.3) is 11.3 Å². The number of aryl methyl sites for hydroxylation is 2. The van der Waals surface area contributed by atoms with E-state index in [4.69, 9.17) is 11.6 Å². The lowest BCUT2D eigenvalue weighted by Gasteiger charge is -2.12. The Morgan fingerprint density at radius 3 is 2.63 bits per heavy atom. The molecule has 2 aromatic carbocycles. The van der Waals surface area contributed by atoms with Crippen LogP contribution in [0, 0.1) is 13.8 Å². The zero-order valence-electron chi connectivity index (χ0n) is 17.7. The van der Waals surface area contributed by atoms with Gasteiger partial charge in [0, 0.05) is 11.6 Å². The third kappa shape index (κ3) is 5.36. The number of aromatic nitrogens is 3. The summed E-state index contributed by atoms with van der Waals surface area (Å²) in [6.07, 6.45) is 5.01. The van der Waals surface area contributed by atoms with Gasteiger partial charge in [0.05, 0.1) is 11.4 Å². The van der Waals surface area contributed by atoms with Gasteiger partial charge < -0.3 is 5.32 Å². The summed E-state index contributed by atoms with van der Waals surface area (Å²) in [6.45, 7) is 6.54. The molecule has 1 N–H and O–H groups in total. The number of rotatable bonds is 8. The zero-order valence-corrected chi connectivity index (χ0v) is 18.4. The van der Waals surface area contributed by atoms with Crippen molar-refractivity contribution in [2.75, 3.05) is 6.54 Å². The van der Waals surface area contributed by atoms with Crippen LogP contribution in [0.5, 0.6) is 0 Å². The van der Waals surface area contributed by atoms with Gasteiger partial charge in [0.1, 0.15) is 0 Å². The van der Waals surface area contributed by atoms with E-state index in [1.807, 2.05) is 48.5 Å². The van der Waals surface area contributed by atoms with Gasteiger partial charge in [-0.15, -0.1) is 5.10 Å². The Labute approximate surface area is 182 Å². The van der Waals surface area contributed by atoms with E-state index < -0.39 is 0 Å². The summed E-state index contributed by atoms with van der Waals surface area (Å²) in [7, 11) is 0. The van der Waals surface area contributed by atoms with Crippen molar-refractivity contribution in [1.29, 1.82) is 0 Å². The van der Waals surface area contributed by atoms with E-state index in [1.54, 1.807) is 6.92 Å². The molecule has 30 heavy (non-hydrogen) atoms. The predicted octanol–water partition coefficient (Wildman–Crippen LogP) is 5.54. The topological polar surface area (TPSA) is 59.8 Å². The van der Waals surface area contributed by atoms with Crippen LogP contribution >= 0.6 is 11.6 Å². The van der Waals surface area contributed by atoms with Crippen LogP contribution in [0.1, 0.15) is 53.5 Å². The van der Waals surface area contributed by atoms with E-state index in [9.17, 15) is 4.79 Å². The fraction of sp³-hybridized carbons (Fsp3) is 0.292. The van der Waals surface area contributed by atoms with Gasteiger partial charge in [0.2, 0.25) is 0 Å². The molecule has 3 rings (SSSR count). The Morgan fingerprint density at radius 1 is 1.13 bits per heavy atom. The molecule has 0 radical (unpaired) electrons. The average Bonchev–Trinajstić information content (AvgIpc) is 3.15. The molecule has 5 nitrogen and oxygen atoms in total. The van der Waals surface area contributed by atoms with Crippen LogP contribution in [0.15, 0.2) is 54.6 Å². The maximum Gasteiger partial charge on any atom is 0.273 e. The number of carbonyl (C=O) groups is 1.